The van der Waals surface area contributed by atoms with E-state index in [0.29, 0.717) is 17.2 Å². The summed E-state index contributed by atoms with van der Waals surface area (Å²) in [6.07, 6.45) is -3.11. The number of piperazine rings is 1. The highest BCUT2D eigenvalue weighted by atomic mass is 19.4. The van der Waals surface area contributed by atoms with Crippen LogP contribution in [0.4, 0.5) is 23.7 Å². The fraction of sp³-hybridized carbons (Fsp3) is 0.240. The van der Waals surface area contributed by atoms with Gasteiger partial charge in [-0.15, -0.1) is 0 Å². The SMILES string of the molecule is N#Cc1ncc(N2C(=O)[C@@H]3C4C[C@H](CN4C(=O)c4ccccc4C(F)(F)F)N3C2=O)c2ccccc12. The molecule has 11 heteroatoms. The van der Waals surface area contributed by atoms with E-state index < -0.39 is 53.3 Å². The number of fused-ring (bicyclic) bond motifs is 6. The van der Waals surface area contributed by atoms with Gasteiger partial charge in [0.05, 0.1) is 35.1 Å². The van der Waals surface area contributed by atoms with Crippen molar-refractivity contribution in [2.24, 2.45) is 0 Å². The second kappa shape index (κ2) is 7.52. The summed E-state index contributed by atoms with van der Waals surface area (Å²) in [5.41, 5.74) is -1.16. The van der Waals surface area contributed by atoms with Crippen LogP contribution in [0.15, 0.2) is 54.7 Å². The minimum atomic E-state index is -4.71. The molecule has 4 heterocycles. The molecule has 3 aromatic rings. The molecule has 6 rings (SSSR count). The van der Waals surface area contributed by atoms with E-state index in [9.17, 15) is 32.8 Å². The lowest BCUT2D eigenvalue weighted by molar-refractivity contribution is -0.138. The van der Waals surface area contributed by atoms with Crippen molar-refractivity contribution in [3.63, 3.8) is 0 Å². The Balaban J connectivity index is 1.36. The first kappa shape index (κ1) is 22.0. The first-order valence-corrected chi connectivity index (χ1v) is 11.1. The molecule has 4 amide bonds. The number of anilines is 1. The Morgan fingerprint density at radius 3 is 2.47 bits per heavy atom. The standard InChI is InChI=1S/C25H16F3N5O3/c26-25(27,28)17-8-4-3-7-16(17)22(34)31-12-13-9-19(31)21-23(35)33(24(36)32(13)21)20-11-30-18(10-29)14-5-1-2-6-15(14)20/h1-8,11,13,19,21H,9,12H2/t13-,19?,21+/m1/s1. The Kier molecular flexibility index (Phi) is 4.60. The molecule has 3 atom stereocenters. The third-order valence-corrected chi connectivity index (χ3v) is 7.11. The van der Waals surface area contributed by atoms with E-state index in [1.54, 1.807) is 24.3 Å². The molecule has 0 spiro atoms. The molecule has 0 saturated carbocycles. The Morgan fingerprint density at radius 2 is 1.75 bits per heavy atom. The Labute approximate surface area is 202 Å². The number of urea groups is 1. The monoisotopic (exact) mass is 491 g/mol. The van der Waals surface area contributed by atoms with Gasteiger partial charge >= 0.3 is 12.2 Å². The van der Waals surface area contributed by atoms with E-state index in [1.165, 1.54) is 28.1 Å². The zero-order valence-electron chi connectivity index (χ0n) is 18.4. The number of carbonyl (C=O) groups is 3. The third kappa shape index (κ3) is 2.94. The summed E-state index contributed by atoms with van der Waals surface area (Å²) in [6.45, 7) is 0.0332. The van der Waals surface area contributed by atoms with Crippen LogP contribution in [0.1, 0.15) is 28.0 Å². The first-order chi connectivity index (χ1) is 17.2. The van der Waals surface area contributed by atoms with Gasteiger partial charge < -0.3 is 9.80 Å². The van der Waals surface area contributed by atoms with Gasteiger partial charge in [0.15, 0.2) is 0 Å². The Bertz CT molecular complexity index is 1510. The number of alkyl halides is 3. The molecular weight excluding hydrogens is 475 g/mol. The van der Waals surface area contributed by atoms with Crippen molar-refractivity contribution in [3.8, 4) is 6.07 Å². The van der Waals surface area contributed by atoms with Gasteiger partial charge in [0, 0.05) is 17.3 Å². The van der Waals surface area contributed by atoms with Gasteiger partial charge in [-0.3, -0.25) is 9.59 Å². The summed E-state index contributed by atoms with van der Waals surface area (Å²) in [5, 5.41) is 10.3. The lowest BCUT2D eigenvalue weighted by atomic mass is 10.0. The summed E-state index contributed by atoms with van der Waals surface area (Å²) in [4.78, 5) is 48.0. The summed E-state index contributed by atoms with van der Waals surface area (Å²) in [7, 11) is 0. The van der Waals surface area contributed by atoms with E-state index in [2.05, 4.69) is 4.98 Å². The number of imide groups is 1. The topological polar surface area (TPSA) is 97.6 Å². The molecule has 36 heavy (non-hydrogen) atoms. The first-order valence-electron chi connectivity index (χ1n) is 11.1. The van der Waals surface area contributed by atoms with Gasteiger partial charge in [0.25, 0.3) is 11.8 Å². The molecular formula is C25H16F3N5O3. The van der Waals surface area contributed by atoms with Crippen LogP contribution in [0.3, 0.4) is 0 Å². The highest BCUT2D eigenvalue weighted by Gasteiger charge is 2.63. The molecule has 3 fully saturated rings. The zero-order chi connectivity index (χ0) is 25.4. The van der Waals surface area contributed by atoms with Gasteiger partial charge in [0.2, 0.25) is 0 Å². The Hall–Kier alpha value is -4.46. The predicted molar refractivity (Wildman–Crippen MR) is 120 cm³/mol. The van der Waals surface area contributed by atoms with E-state index in [0.717, 1.165) is 17.0 Å². The number of rotatable bonds is 2. The lowest BCUT2D eigenvalue weighted by Crippen LogP contribution is -2.55. The van der Waals surface area contributed by atoms with Crippen LogP contribution < -0.4 is 4.90 Å². The predicted octanol–water partition coefficient (Wildman–Crippen LogP) is 3.56. The molecule has 0 radical (unpaired) electrons. The average Bonchev–Trinajstić information content (AvgIpc) is 3.54. The van der Waals surface area contributed by atoms with Crippen molar-refractivity contribution in [1.29, 1.82) is 5.26 Å². The molecule has 0 aliphatic carbocycles. The average molecular weight is 491 g/mol. The van der Waals surface area contributed by atoms with Crippen LogP contribution in [0.2, 0.25) is 0 Å². The molecule has 1 aromatic heterocycles. The minimum absolute atomic E-state index is 0.0332. The maximum absolute atomic E-state index is 13.6. The van der Waals surface area contributed by atoms with Crippen molar-refractivity contribution in [2.45, 2.75) is 30.7 Å². The number of likely N-dealkylation sites (tertiary alicyclic amines) is 1. The maximum Gasteiger partial charge on any atom is 0.417 e. The van der Waals surface area contributed by atoms with Crippen molar-refractivity contribution >= 4 is 34.3 Å². The van der Waals surface area contributed by atoms with Gasteiger partial charge in [-0.2, -0.15) is 18.4 Å². The second-order valence-corrected chi connectivity index (χ2v) is 8.92. The molecule has 1 unspecified atom stereocenters. The van der Waals surface area contributed by atoms with Crippen molar-refractivity contribution in [3.05, 3.63) is 71.5 Å². The van der Waals surface area contributed by atoms with Crippen LogP contribution >= 0.6 is 0 Å². The molecule has 3 aliphatic rings. The van der Waals surface area contributed by atoms with Crippen LogP contribution in [-0.2, 0) is 11.0 Å². The van der Waals surface area contributed by atoms with E-state index in [1.807, 2.05) is 6.07 Å². The van der Waals surface area contributed by atoms with Gasteiger partial charge in [-0.05, 0) is 18.6 Å². The number of amides is 4. The summed E-state index contributed by atoms with van der Waals surface area (Å²) >= 11 is 0. The third-order valence-electron chi connectivity index (χ3n) is 7.11. The van der Waals surface area contributed by atoms with Crippen molar-refractivity contribution < 1.29 is 27.6 Å². The lowest BCUT2D eigenvalue weighted by Gasteiger charge is -2.35. The van der Waals surface area contributed by atoms with Gasteiger partial charge in [-0.1, -0.05) is 36.4 Å². The largest absolute Gasteiger partial charge is 0.417 e. The number of halogens is 3. The molecule has 3 aliphatic heterocycles. The number of nitriles is 1. The van der Waals surface area contributed by atoms with Gasteiger partial charge in [0.1, 0.15) is 17.8 Å². The van der Waals surface area contributed by atoms with Crippen molar-refractivity contribution in [1.82, 2.24) is 14.8 Å². The summed E-state index contributed by atoms with van der Waals surface area (Å²) in [6, 6.07) is 10.5. The van der Waals surface area contributed by atoms with E-state index >= 15 is 0 Å². The quantitative estimate of drug-likeness (QED) is 0.511. The number of aromatic nitrogens is 1. The second-order valence-electron chi connectivity index (χ2n) is 8.92. The smallest absolute Gasteiger partial charge is 0.331 e. The Morgan fingerprint density at radius 1 is 1.06 bits per heavy atom. The van der Waals surface area contributed by atoms with Crippen LogP contribution in [-0.4, -0.2) is 57.3 Å². The molecule has 3 saturated heterocycles. The summed E-state index contributed by atoms with van der Waals surface area (Å²) < 4.78 is 40.6. The van der Waals surface area contributed by atoms with Crippen molar-refractivity contribution in [2.75, 3.05) is 11.4 Å². The van der Waals surface area contributed by atoms with Crippen LogP contribution in [0.5, 0.6) is 0 Å². The van der Waals surface area contributed by atoms with Crippen LogP contribution in [0, 0.1) is 11.3 Å². The molecule has 0 N–H and O–H groups in total. The van der Waals surface area contributed by atoms with E-state index in [4.69, 9.17) is 0 Å². The minimum Gasteiger partial charge on any atom is -0.331 e. The fourth-order valence-electron chi connectivity index (χ4n) is 5.63. The molecule has 8 nitrogen and oxygen atoms in total. The highest BCUT2D eigenvalue weighted by Crippen LogP contribution is 2.44. The van der Waals surface area contributed by atoms with Crippen LogP contribution in [0.25, 0.3) is 10.8 Å². The zero-order valence-corrected chi connectivity index (χ0v) is 18.4. The number of nitrogens with zero attached hydrogens (tertiary/aromatic N) is 5. The molecule has 180 valence electrons. The number of hydrogen-bond acceptors (Lipinski definition) is 5. The number of pyridine rings is 1. The van der Waals surface area contributed by atoms with E-state index in [-0.39, 0.29) is 17.9 Å². The number of carbonyl (C=O) groups excluding carboxylic acids is 3. The van der Waals surface area contributed by atoms with Gasteiger partial charge in [-0.25, -0.2) is 14.7 Å². The number of benzene rings is 2. The number of hydrogen-bond donors (Lipinski definition) is 0. The summed E-state index contributed by atoms with van der Waals surface area (Å²) in [5.74, 6) is -1.40. The molecule has 2 bridgehead atoms. The molecule has 2 aromatic carbocycles. The fourth-order valence-corrected chi connectivity index (χ4v) is 5.63. The maximum atomic E-state index is 13.6. The normalized spacial score (nSPS) is 22.9. The highest BCUT2D eigenvalue weighted by molar-refractivity contribution is 6.25.